The highest BCUT2D eigenvalue weighted by Gasteiger charge is 2.10. The summed E-state index contributed by atoms with van der Waals surface area (Å²) < 4.78 is 0. The van der Waals surface area contributed by atoms with Crippen LogP contribution in [-0.4, -0.2) is 15.9 Å². The zero-order valence-corrected chi connectivity index (χ0v) is 10.5. The van der Waals surface area contributed by atoms with Gasteiger partial charge >= 0.3 is 0 Å². The number of carbonyl (C=O) groups is 1. The third-order valence-corrected chi connectivity index (χ3v) is 3.49. The van der Waals surface area contributed by atoms with Crippen molar-refractivity contribution < 1.29 is 4.79 Å². The average molecular weight is 257 g/mol. The van der Waals surface area contributed by atoms with E-state index < -0.39 is 0 Å². The topological polar surface area (TPSA) is 57.8 Å². The first-order valence-electron chi connectivity index (χ1n) is 5.53. The number of fused-ring (bicyclic) bond motifs is 1. The number of aryl methyl sites for hydroxylation is 1. The van der Waals surface area contributed by atoms with Gasteiger partial charge in [-0.1, -0.05) is 18.2 Å². The molecule has 2 aromatic heterocycles. The van der Waals surface area contributed by atoms with Crippen LogP contribution in [0.3, 0.4) is 0 Å². The summed E-state index contributed by atoms with van der Waals surface area (Å²) in [5, 5.41) is 6.33. The summed E-state index contributed by atoms with van der Waals surface area (Å²) in [4.78, 5) is 19.3. The molecule has 0 bridgehead atoms. The molecular formula is C13H11N3OS. The summed E-state index contributed by atoms with van der Waals surface area (Å²) >= 11 is 1.42. The van der Waals surface area contributed by atoms with Crippen molar-refractivity contribution >= 4 is 33.3 Å². The smallest absolute Gasteiger partial charge is 0.273 e. The van der Waals surface area contributed by atoms with Crippen LogP contribution in [0, 0.1) is 6.92 Å². The van der Waals surface area contributed by atoms with E-state index in [0.29, 0.717) is 10.8 Å². The number of nitrogens with zero attached hydrogens (tertiary/aromatic N) is 1. The Balaban J connectivity index is 1.87. The molecule has 2 heterocycles. The van der Waals surface area contributed by atoms with Gasteiger partial charge in [0.2, 0.25) is 0 Å². The number of benzene rings is 1. The van der Waals surface area contributed by atoms with Crippen molar-refractivity contribution in [2.45, 2.75) is 6.92 Å². The Bertz CT molecular complexity index is 681. The van der Waals surface area contributed by atoms with Gasteiger partial charge in [0.25, 0.3) is 5.91 Å². The first-order valence-corrected chi connectivity index (χ1v) is 6.41. The third kappa shape index (κ3) is 2.00. The molecule has 90 valence electrons. The van der Waals surface area contributed by atoms with E-state index in [1.807, 2.05) is 42.6 Å². The first kappa shape index (κ1) is 11.0. The first-order chi connectivity index (χ1) is 8.72. The normalized spacial score (nSPS) is 10.7. The maximum Gasteiger partial charge on any atom is 0.273 e. The van der Waals surface area contributed by atoms with Gasteiger partial charge in [-0.3, -0.25) is 10.1 Å². The zero-order chi connectivity index (χ0) is 12.5. The molecule has 0 aliphatic heterocycles. The predicted molar refractivity (Wildman–Crippen MR) is 73.1 cm³/mol. The molecule has 0 saturated carbocycles. The summed E-state index contributed by atoms with van der Waals surface area (Å²) in [6.45, 7) is 1.90. The number of aromatic amines is 1. The highest BCUT2D eigenvalue weighted by atomic mass is 32.1. The lowest BCUT2D eigenvalue weighted by molar-refractivity contribution is 0.102. The molecule has 2 N–H and O–H groups in total. The van der Waals surface area contributed by atoms with Gasteiger partial charge < -0.3 is 4.98 Å². The molecule has 0 aliphatic rings. The van der Waals surface area contributed by atoms with E-state index in [0.717, 1.165) is 16.6 Å². The van der Waals surface area contributed by atoms with Crippen molar-refractivity contribution in [3.8, 4) is 0 Å². The number of nitrogens with one attached hydrogen (secondary N) is 2. The Labute approximate surface area is 108 Å². The van der Waals surface area contributed by atoms with Crippen LogP contribution in [0.4, 0.5) is 5.13 Å². The van der Waals surface area contributed by atoms with Crippen molar-refractivity contribution in [1.29, 1.82) is 0 Å². The lowest BCUT2D eigenvalue weighted by atomic mass is 10.2. The number of carbonyl (C=O) groups excluding carboxylic acids is 1. The van der Waals surface area contributed by atoms with E-state index >= 15 is 0 Å². The minimum absolute atomic E-state index is 0.166. The Morgan fingerprint density at radius 3 is 2.94 bits per heavy atom. The van der Waals surface area contributed by atoms with Gasteiger partial charge in [0.15, 0.2) is 5.13 Å². The van der Waals surface area contributed by atoms with Gasteiger partial charge in [-0.25, -0.2) is 4.98 Å². The van der Waals surface area contributed by atoms with E-state index in [-0.39, 0.29) is 5.91 Å². The second kappa shape index (κ2) is 4.27. The maximum atomic E-state index is 12.0. The number of para-hydroxylation sites is 1. The van der Waals surface area contributed by atoms with Crippen LogP contribution >= 0.6 is 11.3 Å². The number of aromatic nitrogens is 2. The molecule has 0 fully saturated rings. The fourth-order valence-corrected chi connectivity index (χ4v) is 2.45. The summed E-state index contributed by atoms with van der Waals surface area (Å²) in [7, 11) is 0. The molecule has 1 aromatic carbocycles. The number of thiazole rings is 1. The molecule has 0 atom stereocenters. The number of rotatable bonds is 2. The largest absolute Gasteiger partial charge is 0.351 e. The van der Waals surface area contributed by atoms with Crippen molar-refractivity contribution in [1.82, 2.24) is 9.97 Å². The Morgan fingerprint density at radius 2 is 2.22 bits per heavy atom. The minimum Gasteiger partial charge on any atom is -0.351 e. The van der Waals surface area contributed by atoms with Gasteiger partial charge in [0, 0.05) is 16.3 Å². The third-order valence-electron chi connectivity index (χ3n) is 2.61. The highest BCUT2D eigenvalue weighted by Crippen LogP contribution is 2.18. The van der Waals surface area contributed by atoms with Gasteiger partial charge in [-0.2, -0.15) is 0 Å². The van der Waals surface area contributed by atoms with Crippen LogP contribution in [0.25, 0.3) is 10.9 Å². The number of anilines is 1. The second-order valence-electron chi connectivity index (χ2n) is 4.02. The van der Waals surface area contributed by atoms with Crippen LogP contribution in [0.1, 0.15) is 16.2 Å². The molecule has 0 spiro atoms. The summed E-state index contributed by atoms with van der Waals surface area (Å²) in [6, 6.07) is 9.63. The van der Waals surface area contributed by atoms with Gasteiger partial charge in [-0.15, -0.1) is 11.3 Å². The number of amides is 1. The fourth-order valence-electron chi connectivity index (χ4n) is 1.77. The van der Waals surface area contributed by atoms with Crippen molar-refractivity contribution in [3.63, 3.8) is 0 Å². The van der Waals surface area contributed by atoms with Crippen LogP contribution < -0.4 is 5.32 Å². The number of H-pyrrole nitrogens is 1. The van der Waals surface area contributed by atoms with E-state index in [2.05, 4.69) is 15.3 Å². The molecule has 1 amide bonds. The van der Waals surface area contributed by atoms with Gasteiger partial charge in [-0.05, 0) is 19.1 Å². The van der Waals surface area contributed by atoms with Crippen molar-refractivity contribution in [2.24, 2.45) is 0 Å². The molecule has 3 rings (SSSR count). The summed E-state index contributed by atoms with van der Waals surface area (Å²) in [5.41, 5.74) is 2.41. The SMILES string of the molecule is Cc1csc(NC(=O)c2cc3ccccc3[nH]2)n1. The molecule has 0 unspecified atom stereocenters. The van der Waals surface area contributed by atoms with E-state index in [4.69, 9.17) is 0 Å². The van der Waals surface area contributed by atoms with E-state index in [1.54, 1.807) is 0 Å². The molecule has 3 aromatic rings. The average Bonchev–Trinajstić information content (AvgIpc) is 2.95. The van der Waals surface area contributed by atoms with Gasteiger partial charge in [0.1, 0.15) is 5.69 Å². The summed E-state index contributed by atoms with van der Waals surface area (Å²) in [5.74, 6) is -0.166. The molecule has 0 aliphatic carbocycles. The molecule has 0 radical (unpaired) electrons. The standard InChI is InChI=1S/C13H11N3OS/c1-8-7-18-13(14-8)16-12(17)11-6-9-4-2-3-5-10(9)15-11/h2-7,15H,1H3,(H,14,16,17). The quantitative estimate of drug-likeness (QED) is 0.740. The lowest BCUT2D eigenvalue weighted by Gasteiger charge is -1.97. The van der Waals surface area contributed by atoms with Crippen LogP contribution in [0.5, 0.6) is 0 Å². The maximum absolute atomic E-state index is 12.0. The molecule has 0 saturated heterocycles. The highest BCUT2D eigenvalue weighted by molar-refractivity contribution is 7.13. The van der Waals surface area contributed by atoms with E-state index in [9.17, 15) is 4.79 Å². The van der Waals surface area contributed by atoms with Gasteiger partial charge in [0.05, 0.1) is 5.69 Å². The van der Waals surface area contributed by atoms with Crippen LogP contribution in [0.15, 0.2) is 35.7 Å². The minimum atomic E-state index is -0.166. The van der Waals surface area contributed by atoms with Crippen LogP contribution in [0.2, 0.25) is 0 Å². The number of hydrogen-bond donors (Lipinski definition) is 2. The molecular weight excluding hydrogens is 246 g/mol. The predicted octanol–water partition coefficient (Wildman–Crippen LogP) is 3.19. The second-order valence-corrected chi connectivity index (χ2v) is 4.88. The molecule has 5 heteroatoms. The summed E-state index contributed by atoms with van der Waals surface area (Å²) in [6.07, 6.45) is 0. The fraction of sp³-hybridized carbons (Fsp3) is 0.0769. The molecule has 18 heavy (non-hydrogen) atoms. The van der Waals surface area contributed by atoms with Crippen molar-refractivity contribution in [2.75, 3.05) is 5.32 Å². The molecule has 4 nitrogen and oxygen atoms in total. The Morgan fingerprint density at radius 1 is 1.39 bits per heavy atom. The van der Waals surface area contributed by atoms with Crippen LogP contribution in [-0.2, 0) is 0 Å². The van der Waals surface area contributed by atoms with E-state index in [1.165, 1.54) is 11.3 Å². The number of hydrogen-bond acceptors (Lipinski definition) is 3. The Kier molecular flexibility index (Phi) is 2.60. The van der Waals surface area contributed by atoms with Crippen molar-refractivity contribution in [3.05, 3.63) is 47.1 Å². The lowest BCUT2D eigenvalue weighted by Crippen LogP contribution is -2.11. The monoisotopic (exact) mass is 257 g/mol. The zero-order valence-electron chi connectivity index (χ0n) is 9.73. The Hall–Kier alpha value is -2.14.